The zero-order valence-electron chi connectivity index (χ0n) is 8.79. The molecule has 0 amide bonds. The number of rotatable bonds is 2. The smallest absolute Gasteiger partial charge is 0.205 e. The van der Waals surface area contributed by atoms with E-state index in [4.69, 9.17) is 0 Å². The van der Waals surface area contributed by atoms with Gasteiger partial charge in [0.2, 0.25) is 5.13 Å². The lowest BCUT2D eigenvalue weighted by atomic mass is 9.86. The summed E-state index contributed by atoms with van der Waals surface area (Å²) in [6.45, 7) is 4.32. The fraction of sp³-hybridized carbons (Fsp3) is 0.800. The Morgan fingerprint density at radius 2 is 2.07 bits per heavy atom. The molecule has 1 saturated carbocycles. The number of hydrogen-bond acceptors (Lipinski definition) is 4. The van der Waals surface area contributed by atoms with Crippen LogP contribution >= 0.6 is 11.3 Å². The lowest BCUT2D eigenvalue weighted by Crippen LogP contribution is -2.30. The van der Waals surface area contributed by atoms with Gasteiger partial charge in [0.25, 0.3) is 0 Å². The molecule has 1 aromatic rings. The van der Waals surface area contributed by atoms with Gasteiger partial charge in [-0.3, -0.25) is 0 Å². The third-order valence-electron chi connectivity index (χ3n) is 2.95. The Morgan fingerprint density at radius 1 is 1.29 bits per heavy atom. The SMILES string of the molecule is Cc1nnc(NC2CCCCC2C)s1. The van der Waals surface area contributed by atoms with Crippen molar-refractivity contribution in [3.05, 3.63) is 5.01 Å². The van der Waals surface area contributed by atoms with Crippen LogP contribution in [0.25, 0.3) is 0 Å². The molecule has 0 bridgehead atoms. The second kappa shape index (κ2) is 4.26. The number of hydrogen-bond donors (Lipinski definition) is 1. The van der Waals surface area contributed by atoms with Crippen LogP contribution in [0.3, 0.4) is 0 Å². The lowest BCUT2D eigenvalue weighted by molar-refractivity contribution is 0.349. The Kier molecular flexibility index (Phi) is 3.01. The number of aromatic nitrogens is 2. The maximum Gasteiger partial charge on any atom is 0.205 e. The van der Waals surface area contributed by atoms with Gasteiger partial charge in [-0.2, -0.15) is 0 Å². The van der Waals surface area contributed by atoms with Crippen molar-refractivity contribution < 1.29 is 0 Å². The van der Waals surface area contributed by atoms with E-state index < -0.39 is 0 Å². The molecule has 1 aromatic heterocycles. The van der Waals surface area contributed by atoms with E-state index in [1.165, 1.54) is 25.7 Å². The van der Waals surface area contributed by atoms with Crippen LogP contribution in [-0.4, -0.2) is 16.2 Å². The van der Waals surface area contributed by atoms with Gasteiger partial charge in [0.15, 0.2) is 0 Å². The highest BCUT2D eigenvalue weighted by Gasteiger charge is 2.21. The second-order valence-electron chi connectivity index (χ2n) is 4.14. The van der Waals surface area contributed by atoms with Gasteiger partial charge in [-0.05, 0) is 25.7 Å². The van der Waals surface area contributed by atoms with E-state index in [0.717, 1.165) is 16.1 Å². The van der Waals surface area contributed by atoms with Crippen molar-refractivity contribution in [2.45, 2.75) is 45.6 Å². The van der Waals surface area contributed by atoms with Crippen LogP contribution in [0.2, 0.25) is 0 Å². The zero-order valence-corrected chi connectivity index (χ0v) is 9.60. The van der Waals surface area contributed by atoms with Crippen LogP contribution in [0, 0.1) is 12.8 Å². The third kappa shape index (κ3) is 2.23. The summed E-state index contributed by atoms with van der Waals surface area (Å²) in [5, 5.41) is 13.6. The lowest BCUT2D eigenvalue weighted by Gasteiger charge is -2.29. The van der Waals surface area contributed by atoms with E-state index in [2.05, 4.69) is 22.4 Å². The van der Waals surface area contributed by atoms with E-state index >= 15 is 0 Å². The van der Waals surface area contributed by atoms with Crippen molar-refractivity contribution in [1.82, 2.24) is 10.2 Å². The van der Waals surface area contributed by atoms with Gasteiger partial charge in [0.1, 0.15) is 5.01 Å². The molecule has 3 nitrogen and oxygen atoms in total. The molecule has 78 valence electrons. The third-order valence-corrected chi connectivity index (χ3v) is 3.72. The van der Waals surface area contributed by atoms with E-state index in [-0.39, 0.29) is 0 Å². The first kappa shape index (κ1) is 9.90. The topological polar surface area (TPSA) is 37.8 Å². The van der Waals surface area contributed by atoms with Gasteiger partial charge >= 0.3 is 0 Å². The zero-order chi connectivity index (χ0) is 9.97. The highest BCUT2D eigenvalue weighted by molar-refractivity contribution is 7.15. The normalized spacial score (nSPS) is 27.6. The molecule has 0 radical (unpaired) electrons. The Balaban J connectivity index is 1.95. The number of anilines is 1. The molecule has 1 aliphatic rings. The highest BCUT2D eigenvalue weighted by Crippen LogP contribution is 2.27. The van der Waals surface area contributed by atoms with Crippen LogP contribution in [0.15, 0.2) is 0 Å². The maximum atomic E-state index is 4.10. The predicted molar refractivity (Wildman–Crippen MR) is 59.7 cm³/mol. The summed E-state index contributed by atoms with van der Waals surface area (Å²) in [5.74, 6) is 0.771. The van der Waals surface area contributed by atoms with E-state index in [0.29, 0.717) is 6.04 Å². The summed E-state index contributed by atoms with van der Waals surface area (Å²) < 4.78 is 0. The van der Waals surface area contributed by atoms with Crippen LogP contribution in [-0.2, 0) is 0 Å². The molecule has 0 saturated heterocycles. The Bertz CT molecular complexity index is 297. The fourth-order valence-corrected chi connectivity index (χ4v) is 2.70. The standard InChI is InChI=1S/C10H17N3S/c1-7-5-3-4-6-9(7)11-10-13-12-8(2)14-10/h7,9H,3-6H2,1-2H3,(H,11,13). The largest absolute Gasteiger partial charge is 0.357 e. The molecular weight excluding hydrogens is 194 g/mol. The minimum Gasteiger partial charge on any atom is -0.357 e. The monoisotopic (exact) mass is 211 g/mol. The van der Waals surface area contributed by atoms with Gasteiger partial charge in [-0.1, -0.05) is 31.1 Å². The maximum absolute atomic E-state index is 4.10. The molecule has 0 spiro atoms. The second-order valence-corrected chi connectivity index (χ2v) is 5.32. The summed E-state index contributed by atoms with van der Waals surface area (Å²) >= 11 is 1.65. The van der Waals surface area contributed by atoms with Gasteiger partial charge in [0.05, 0.1) is 0 Å². The minimum absolute atomic E-state index is 0.607. The summed E-state index contributed by atoms with van der Waals surface area (Å²) in [5.41, 5.74) is 0. The van der Waals surface area contributed by atoms with E-state index in [1.54, 1.807) is 11.3 Å². The number of nitrogens with one attached hydrogen (secondary N) is 1. The highest BCUT2D eigenvalue weighted by atomic mass is 32.1. The first-order valence-electron chi connectivity index (χ1n) is 5.32. The number of aryl methyl sites for hydroxylation is 1. The molecular formula is C10H17N3S. The molecule has 0 aromatic carbocycles. The Hall–Kier alpha value is -0.640. The van der Waals surface area contributed by atoms with Crippen molar-refractivity contribution in [3.63, 3.8) is 0 Å². The van der Waals surface area contributed by atoms with Crippen LogP contribution in [0.5, 0.6) is 0 Å². The molecule has 1 heterocycles. The number of nitrogens with zero attached hydrogens (tertiary/aromatic N) is 2. The average molecular weight is 211 g/mol. The summed E-state index contributed by atoms with van der Waals surface area (Å²) in [4.78, 5) is 0. The Labute approximate surface area is 88.9 Å². The van der Waals surface area contributed by atoms with Crippen molar-refractivity contribution in [2.24, 2.45) is 5.92 Å². The van der Waals surface area contributed by atoms with E-state index in [1.807, 2.05) is 6.92 Å². The first-order chi connectivity index (χ1) is 6.75. The van der Waals surface area contributed by atoms with Crippen molar-refractivity contribution in [2.75, 3.05) is 5.32 Å². The molecule has 1 aliphatic carbocycles. The van der Waals surface area contributed by atoms with Crippen LogP contribution in [0.4, 0.5) is 5.13 Å². The van der Waals surface area contributed by atoms with Crippen LogP contribution < -0.4 is 5.32 Å². The van der Waals surface area contributed by atoms with Gasteiger partial charge in [-0.15, -0.1) is 10.2 Å². The van der Waals surface area contributed by atoms with Crippen molar-refractivity contribution >= 4 is 16.5 Å². The average Bonchev–Trinajstić information content (AvgIpc) is 2.56. The van der Waals surface area contributed by atoms with Gasteiger partial charge in [-0.25, -0.2) is 0 Å². The fourth-order valence-electron chi connectivity index (χ4n) is 2.04. The molecule has 1 N–H and O–H groups in total. The van der Waals surface area contributed by atoms with Gasteiger partial charge < -0.3 is 5.32 Å². The first-order valence-corrected chi connectivity index (χ1v) is 6.14. The minimum atomic E-state index is 0.607. The summed E-state index contributed by atoms with van der Waals surface area (Å²) in [7, 11) is 0. The van der Waals surface area contributed by atoms with Crippen molar-refractivity contribution in [1.29, 1.82) is 0 Å². The predicted octanol–water partition coefficient (Wildman–Crippen LogP) is 2.84. The summed E-state index contributed by atoms with van der Waals surface area (Å²) in [6, 6.07) is 0.607. The molecule has 2 unspecified atom stereocenters. The molecule has 4 heteroatoms. The molecule has 2 rings (SSSR count). The van der Waals surface area contributed by atoms with E-state index in [9.17, 15) is 0 Å². The summed E-state index contributed by atoms with van der Waals surface area (Å²) in [6.07, 6.45) is 5.35. The molecule has 2 atom stereocenters. The van der Waals surface area contributed by atoms with Crippen molar-refractivity contribution in [3.8, 4) is 0 Å². The molecule has 1 fully saturated rings. The van der Waals surface area contributed by atoms with Gasteiger partial charge in [0, 0.05) is 6.04 Å². The van der Waals surface area contributed by atoms with Crippen LogP contribution in [0.1, 0.15) is 37.6 Å². The molecule has 0 aliphatic heterocycles. The molecule has 14 heavy (non-hydrogen) atoms. The Morgan fingerprint density at radius 3 is 2.71 bits per heavy atom. The quantitative estimate of drug-likeness (QED) is 0.817.